The van der Waals surface area contributed by atoms with Crippen molar-refractivity contribution < 1.29 is 18.0 Å². The van der Waals surface area contributed by atoms with E-state index in [1.165, 1.54) is 28.9 Å². The number of allylic oxidation sites excluding steroid dienone is 2. The summed E-state index contributed by atoms with van der Waals surface area (Å²) in [5.41, 5.74) is 2.22. The Kier molecular flexibility index (Phi) is 4.23. The lowest BCUT2D eigenvalue weighted by Gasteiger charge is -2.35. The Balaban J connectivity index is 1.62. The van der Waals surface area contributed by atoms with Gasteiger partial charge in [-0.25, -0.2) is 17.9 Å². The Morgan fingerprint density at radius 3 is 2.37 bits per heavy atom. The number of ketones is 1. The van der Waals surface area contributed by atoms with Crippen LogP contribution in [0.4, 0.5) is 19.1 Å². The van der Waals surface area contributed by atoms with Gasteiger partial charge in [-0.3, -0.25) is 4.79 Å². The first-order valence-electron chi connectivity index (χ1n) is 9.57. The first kappa shape index (κ1) is 18.6. The van der Waals surface area contributed by atoms with E-state index in [-0.39, 0.29) is 23.9 Å². The van der Waals surface area contributed by atoms with Crippen LogP contribution >= 0.6 is 0 Å². The SMILES string of the molecule is Cc1nc2n(n1)[C@@H](c1cc(F)cc(F)c1)C1=C(C[C@@H](c3ccc(F)cc3)CC1=O)N2. The van der Waals surface area contributed by atoms with E-state index in [9.17, 15) is 18.0 Å². The number of hydrogen-bond acceptors (Lipinski definition) is 4. The molecule has 3 aromatic rings. The van der Waals surface area contributed by atoms with Crippen LogP contribution < -0.4 is 5.32 Å². The Hall–Kier alpha value is -3.42. The van der Waals surface area contributed by atoms with Crippen molar-refractivity contribution in [3.63, 3.8) is 0 Å². The molecule has 0 amide bonds. The highest BCUT2D eigenvalue weighted by molar-refractivity contribution is 6.00. The second-order valence-corrected chi connectivity index (χ2v) is 7.63. The molecule has 0 bridgehead atoms. The summed E-state index contributed by atoms with van der Waals surface area (Å²) in [5.74, 6) is -1.19. The Bertz CT molecular complexity index is 1180. The average Bonchev–Trinajstić information content (AvgIpc) is 3.05. The number of rotatable bonds is 2. The predicted molar refractivity (Wildman–Crippen MR) is 103 cm³/mol. The molecule has 0 unspecified atom stereocenters. The van der Waals surface area contributed by atoms with Crippen LogP contribution in [0.5, 0.6) is 0 Å². The molecule has 2 aromatic carbocycles. The van der Waals surface area contributed by atoms with Crippen molar-refractivity contribution >= 4 is 11.7 Å². The van der Waals surface area contributed by atoms with Crippen molar-refractivity contribution in [1.29, 1.82) is 0 Å². The Morgan fingerprint density at radius 1 is 0.967 bits per heavy atom. The third-order valence-electron chi connectivity index (χ3n) is 5.57. The Morgan fingerprint density at radius 2 is 1.67 bits per heavy atom. The zero-order valence-electron chi connectivity index (χ0n) is 16.0. The summed E-state index contributed by atoms with van der Waals surface area (Å²) < 4.78 is 42.7. The Labute approximate surface area is 170 Å². The van der Waals surface area contributed by atoms with Crippen LogP contribution in [0.15, 0.2) is 53.7 Å². The fourth-order valence-electron chi connectivity index (χ4n) is 4.33. The minimum absolute atomic E-state index is 0.134. The zero-order chi connectivity index (χ0) is 21.0. The molecule has 1 aliphatic heterocycles. The van der Waals surface area contributed by atoms with Crippen LogP contribution in [0.3, 0.4) is 0 Å². The molecule has 0 radical (unpaired) electrons. The second-order valence-electron chi connectivity index (χ2n) is 7.63. The van der Waals surface area contributed by atoms with Gasteiger partial charge < -0.3 is 5.32 Å². The normalized spacial score (nSPS) is 20.6. The van der Waals surface area contributed by atoms with Crippen molar-refractivity contribution in [3.05, 3.63) is 88.1 Å². The number of nitrogens with one attached hydrogen (secondary N) is 1. The number of nitrogens with zero attached hydrogens (tertiary/aromatic N) is 3. The van der Waals surface area contributed by atoms with E-state index in [1.54, 1.807) is 19.1 Å². The largest absolute Gasteiger partial charge is 0.328 e. The molecule has 0 saturated heterocycles. The highest BCUT2D eigenvalue weighted by Gasteiger charge is 2.39. The molecule has 5 rings (SSSR count). The fraction of sp³-hybridized carbons (Fsp3) is 0.227. The van der Waals surface area contributed by atoms with E-state index in [4.69, 9.17) is 0 Å². The van der Waals surface area contributed by atoms with Crippen molar-refractivity contribution in [3.8, 4) is 0 Å². The number of Topliss-reactive ketones (excluding diaryl/α,β-unsaturated/α-hetero) is 1. The maximum atomic E-state index is 14.0. The number of aromatic nitrogens is 3. The summed E-state index contributed by atoms with van der Waals surface area (Å²) in [6, 6.07) is 8.53. The number of halogens is 3. The van der Waals surface area contributed by atoms with E-state index >= 15 is 0 Å². The van der Waals surface area contributed by atoms with Gasteiger partial charge in [-0.1, -0.05) is 12.1 Å². The molecule has 1 aromatic heterocycles. The molecule has 8 heteroatoms. The average molecular weight is 410 g/mol. The van der Waals surface area contributed by atoms with Crippen molar-refractivity contribution in [2.45, 2.75) is 31.7 Å². The van der Waals surface area contributed by atoms with Gasteiger partial charge in [-0.05, 0) is 54.7 Å². The topological polar surface area (TPSA) is 59.8 Å². The second kappa shape index (κ2) is 6.83. The molecular weight excluding hydrogens is 393 g/mol. The van der Waals surface area contributed by atoms with Gasteiger partial charge in [0.1, 0.15) is 29.3 Å². The van der Waals surface area contributed by atoms with Gasteiger partial charge in [-0.2, -0.15) is 10.1 Å². The number of benzene rings is 2. The van der Waals surface area contributed by atoms with Crippen molar-refractivity contribution in [1.82, 2.24) is 14.8 Å². The minimum Gasteiger partial charge on any atom is -0.328 e. The summed E-state index contributed by atoms with van der Waals surface area (Å²) in [6.45, 7) is 1.71. The highest BCUT2D eigenvalue weighted by atomic mass is 19.1. The molecule has 2 atom stereocenters. The fourth-order valence-corrected chi connectivity index (χ4v) is 4.33. The first-order chi connectivity index (χ1) is 14.4. The van der Waals surface area contributed by atoms with E-state index < -0.39 is 17.7 Å². The maximum Gasteiger partial charge on any atom is 0.226 e. The van der Waals surface area contributed by atoms with Gasteiger partial charge >= 0.3 is 0 Å². The molecule has 1 aliphatic carbocycles. The van der Waals surface area contributed by atoms with Crippen LogP contribution in [0.25, 0.3) is 0 Å². The quantitative estimate of drug-likeness (QED) is 0.680. The number of carbonyl (C=O) groups excluding carboxylic acids is 1. The molecule has 1 N–H and O–H groups in total. The molecule has 2 aliphatic rings. The first-order valence-corrected chi connectivity index (χ1v) is 9.57. The lowest BCUT2D eigenvalue weighted by molar-refractivity contribution is -0.116. The molecule has 0 fully saturated rings. The summed E-state index contributed by atoms with van der Waals surface area (Å²) >= 11 is 0. The highest BCUT2D eigenvalue weighted by Crippen LogP contribution is 2.44. The predicted octanol–water partition coefficient (Wildman–Crippen LogP) is 4.42. The van der Waals surface area contributed by atoms with E-state index in [1.807, 2.05) is 0 Å². The number of hydrogen-bond donors (Lipinski definition) is 1. The van der Waals surface area contributed by atoms with Crippen LogP contribution in [0.2, 0.25) is 0 Å². The van der Waals surface area contributed by atoms with Crippen LogP contribution in [-0.4, -0.2) is 20.5 Å². The van der Waals surface area contributed by atoms with Crippen LogP contribution in [0, 0.1) is 24.4 Å². The standard InChI is InChI=1S/C22H17F3N4O/c1-11-26-22-27-18-8-13(12-2-4-15(23)5-3-12)9-19(30)20(18)21(29(22)28-11)14-6-16(24)10-17(25)7-14/h2-7,10,13,21H,8-9H2,1H3,(H,26,27,28)/t13-,21+/m1/s1. The molecular formula is C22H17F3N4O. The number of carbonyl (C=O) groups is 1. The third-order valence-corrected chi connectivity index (χ3v) is 5.57. The summed E-state index contributed by atoms with van der Waals surface area (Å²) in [6.07, 6.45) is 0.705. The van der Waals surface area contributed by atoms with Crippen molar-refractivity contribution in [2.24, 2.45) is 0 Å². The molecule has 2 heterocycles. The zero-order valence-corrected chi connectivity index (χ0v) is 16.0. The molecule has 0 spiro atoms. The third kappa shape index (κ3) is 3.08. The minimum atomic E-state index is -0.774. The van der Waals surface area contributed by atoms with E-state index in [2.05, 4.69) is 15.4 Å². The lowest BCUT2D eigenvalue weighted by Crippen LogP contribution is -2.33. The van der Waals surface area contributed by atoms with Crippen LogP contribution in [-0.2, 0) is 4.79 Å². The van der Waals surface area contributed by atoms with Gasteiger partial charge in [0.2, 0.25) is 5.95 Å². The van der Waals surface area contributed by atoms with Crippen LogP contribution in [0.1, 0.15) is 41.8 Å². The molecule has 5 nitrogen and oxygen atoms in total. The number of fused-ring (bicyclic) bond motifs is 1. The number of aryl methyl sites for hydroxylation is 1. The van der Waals surface area contributed by atoms with E-state index in [0.29, 0.717) is 35.0 Å². The molecule has 30 heavy (non-hydrogen) atoms. The number of anilines is 1. The van der Waals surface area contributed by atoms with E-state index in [0.717, 1.165) is 11.6 Å². The van der Waals surface area contributed by atoms with Crippen molar-refractivity contribution in [2.75, 3.05) is 5.32 Å². The molecule has 152 valence electrons. The van der Waals surface area contributed by atoms with Gasteiger partial charge in [-0.15, -0.1) is 0 Å². The monoisotopic (exact) mass is 410 g/mol. The maximum absolute atomic E-state index is 14.0. The summed E-state index contributed by atoms with van der Waals surface area (Å²) in [4.78, 5) is 17.6. The summed E-state index contributed by atoms with van der Waals surface area (Å²) in [5, 5.41) is 7.53. The van der Waals surface area contributed by atoms with Gasteiger partial charge in [0, 0.05) is 23.8 Å². The summed E-state index contributed by atoms with van der Waals surface area (Å²) in [7, 11) is 0. The molecule has 0 saturated carbocycles. The smallest absolute Gasteiger partial charge is 0.226 e. The van der Waals surface area contributed by atoms with Gasteiger partial charge in [0.05, 0.1) is 0 Å². The van der Waals surface area contributed by atoms with Gasteiger partial charge in [0.25, 0.3) is 0 Å². The van der Waals surface area contributed by atoms with Gasteiger partial charge in [0.15, 0.2) is 5.78 Å². The lowest BCUT2D eigenvalue weighted by atomic mass is 9.78.